The number of carbonyl (C=O) groups is 3. The highest BCUT2D eigenvalue weighted by Crippen LogP contribution is 2.64. The van der Waals surface area contributed by atoms with E-state index in [9.17, 15) is 19.5 Å². The molecule has 3 heterocycles. The Morgan fingerprint density at radius 3 is 2.48 bits per heavy atom. The van der Waals surface area contributed by atoms with Crippen LogP contribution >= 0.6 is 0 Å². The van der Waals surface area contributed by atoms with Crippen molar-refractivity contribution in [2.45, 2.75) is 63.2 Å². The number of aliphatic hydroxyl groups excluding tert-OH is 1. The number of β-amino-alcohol motifs (C(OH)–C–C–N with tert-alkyl or cyclic N) is 1. The molecule has 0 radical (unpaired) electrons. The zero-order valence-corrected chi connectivity index (χ0v) is 20.3. The van der Waals surface area contributed by atoms with Gasteiger partial charge in [0, 0.05) is 33.2 Å². The van der Waals surface area contributed by atoms with E-state index in [0.29, 0.717) is 38.9 Å². The predicted molar refractivity (Wildman–Crippen MR) is 125 cm³/mol. The van der Waals surface area contributed by atoms with E-state index in [4.69, 9.17) is 4.74 Å². The number of hydrogen-bond acceptors (Lipinski definition) is 5. The first-order valence-electron chi connectivity index (χ1n) is 12.2. The summed E-state index contributed by atoms with van der Waals surface area (Å²) in [6, 6.07) is -0.852. The van der Waals surface area contributed by atoms with Gasteiger partial charge in [0.1, 0.15) is 11.6 Å². The van der Waals surface area contributed by atoms with Gasteiger partial charge in [-0.15, -0.1) is 13.2 Å². The van der Waals surface area contributed by atoms with Crippen molar-refractivity contribution in [3.8, 4) is 0 Å². The number of aliphatic hydroxyl groups is 1. The van der Waals surface area contributed by atoms with Crippen LogP contribution in [0.1, 0.15) is 46.0 Å². The number of nitrogens with zero attached hydrogens (tertiary/aromatic N) is 3. The summed E-state index contributed by atoms with van der Waals surface area (Å²) in [4.78, 5) is 46.0. The first-order valence-corrected chi connectivity index (χ1v) is 12.2. The molecule has 0 aromatic heterocycles. The fourth-order valence-corrected chi connectivity index (χ4v) is 6.21. The third-order valence-electron chi connectivity index (χ3n) is 7.74. The molecule has 2 unspecified atom stereocenters. The van der Waals surface area contributed by atoms with E-state index in [0.717, 1.165) is 12.8 Å². The minimum atomic E-state index is -1.06. The monoisotopic (exact) mass is 461 g/mol. The number of carbonyl (C=O) groups excluding carboxylic acids is 3. The van der Waals surface area contributed by atoms with Crippen molar-refractivity contribution in [1.29, 1.82) is 0 Å². The molecule has 33 heavy (non-hydrogen) atoms. The van der Waals surface area contributed by atoms with Gasteiger partial charge in [0.05, 0.1) is 24.0 Å². The van der Waals surface area contributed by atoms with E-state index < -0.39 is 29.1 Å². The van der Waals surface area contributed by atoms with Crippen molar-refractivity contribution in [1.82, 2.24) is 14.7 Å². The summed E-state index contributed by atoms with van der Waals surface area (Å²) in [7, 11) is 1.70. The molecule has 0 aromatic carbocycles. The lowest BCUT2D eigenvalue weighted by atomic mass is 9.64. The standard InChI is InChI=1S/C25H39N3O5/c1-6-10-15-27(14-8-3)23(32)20-25-12-11-24(9-4,33-25)18(21(30)26(5)13-7-2)19(25)22(31)28(20)16-17-29/h7-8,18-20,29H,2-3,6,9-17H2,1,4-5H3/t18-,19-,20?,24+,25?/m0/s1. The van der Waals surface area contributed by atoms with Crippen molar-refractivity contribution in [2.75, 3.05) is 39.8 Å². The molecule has 3 aliphatic rings. The molecule has 3 saturated heterocycles. The quantitative estimate of drug-likeness (QED) is 0.446. The summed E-state index contributed by atoms with van der Waals surface area (Å²) in [5.74, 6) is -1.99. The minimum Gasteiger partial charge on any atom is -0.395 e. The first-order chi connectivity index (χ1) is 15.8. The van der Waals surface area contributed by atoms with Crippen LogP contribution in [0.5, 0.6) is 0 Å². The average molecular weight is 462 g/mol. The van der Waals surface area contributed by atoms with Gasteiger partial charge in [0.15, 0.2) is 0 Å². The molecule has 3 amide bonds. The summed E-state index contributed by atoms with van der Waals surface area (Å²) in [5, 5.41) is 9.73. The molecule has 3 aliphatic heterocycles. The van der Waals surface area contributed by atoms with Crippen molar-refractivity contribution < 1.29 is 24.2 Å². The summed E-state index contributed by atoms with van der Waals surface area (Å²) in [6.07, 6.45) is 6.86. The van der Waals surface area contributed by atoms with Gasteiger partial charge in [-0.2, -0.15) is 0 Å². The van der Waals surface area contributed by atoms with Crippen molar-refractivity contribution in [3.05, 3.63) is 25.3 Å². The van der Waals surface area contributed by atoms with Gasteiger partial charge in [-0.3, -0.25) is 14.4 Å². The Bertz CT molecular complexity index is 801. The van der Waals surface area contributed by atoms with Gasteiger partial charge >= 0.3 is 0 Å². The van der Waals surface area contributed by atoms with E-state index in [1.807, 2.05) is 6.92 Å². The van der Waals surface area contributed by atoms with Crippen molar-refractivity contribution >= 4 is 17.7 Å². The molecule has 5 atom stereocenters. The first kappa shape index (κ1) is 25.4. The topological polar surface area (TPSA) is 90.4 Å². The second kappa shape index (κ2) is 9.97. The molecule has 0 saturated carbocycles. The minimum absolute atomic E-state index is 0.0368. The summed E-state index contributed by atoms with van der Waals surface area (Å²) in [6.45, 7) is 12.6. The normalized spacial score (nSPS) is 32.1. The second-order valence-electron chi connectivity index (χ2n) is 9.52. The summed E-state index contributed by atoms with van der Waals surface area (Å²) < 4.78 is 6.71. The molecule has 0 aliphatic carbocycles. The van der Waals surface area contributed by atoms with E-state index in [-0.39, 0.29) is 30.9 Å². The van der Waals surface area contributed by atoms with Crippen LogP contribution in [0, 0.1) is 11.8 Å². The molecule has 3 fully saturated rings. The third-order valence-corrected chi connectivity index (χ3v) is 7.74. The molecular formula is C25H39N3O5. The van der Waals surface area contributed by atoms with Gasteiger partial charge in [-0.1, -0.05) is 32.4 Å². The largest absolute Gasteiger partial charge is 0.395 e. The van der Waals surface area contributed by atoms with Gasteiger partial charge in [0.2, 0.25) is 17.7 Å². The number of rotatable bonds is 12. The molecule has 8 nitrogen and oxygen atoms in total. The number of ether oxygens (including phenoxy) is 1. The average Bonchev–Trinajstić information content (AvgIpc) is 3.40. The zero-order valence-electron chi connectivity index (χ0n) is 20.3. The Balaban J connectivity index is 2.07. The molecule has 0 aromatic rings. The Morgan fingerprint density at radius 2 is 1.91 bits per heavy atom. The van der Waals surface area contributed by atoms with Gasteiger partial charge in [0.25, 0.3) is 0 Å². The lowest BCUT2D eigenvalue weighted by Crippen LogP contribution is -2.56. The van der Waals surface area contributed by atoms with Crippen LogP contribution in [-0.4, -0.2) is 94.6 Å². The van der Waals surface area contributed by atoms with Crippen LogP contribution in [0.4, 0.5) is 0 Å². The van der Waals surface area contributed by atoms with Crippen LogP contribution in [0.2, 0.25) is 0 Å². The Morgan fingerprint density at radius 1 is 1.21 bits per heavy atom. The van der Waals surface area contributed by atoms with E-state index in [2.05, 4.69) is 20.1 Å². The highest BCUT2D eigenvalue weighted by molar-refractivity contribution is 5.99. The van der Waals surface area contributed by atoms with Gasteiger partial charge < -0.3 is 24.5 Å². The Kier molecular flexibility index (Phi) is 7.69. The maximum atomic E-state index is 13.9. The van der Waals surface area contributed by atoms with Crippen LogP contribution in [0.15, 0.2) is 25.3 Å². The molecule has 1 spiro atoms. The number of likely N-dealkylation sites (N-methyl/N-ethyl adjacent to an activating group) is 1. The molecule has 184 valence electrons. The third kappa shape index (κ3) is 3.91. The zero-order chi connectivity index (χ0) is 24.4. The number of unbranched alkanes of at least 4 members (excludes halogenated alkanes) is 1. The highest BCUT2D eigenvalue weighted by atomic mass is 16.5. The molecule has 3 rings (SSSR count). The molecule has 1 N–H and O–H groups in total. The van der Waals surface area contributed by atoms with Gasteiger partial charge in [-0.05, 0) is 25.7 Å². The molecular weight excluding hydrogens is 422 g/mol. The predicted octanol–water partition coefficient (Wildman–Crippen LogP) is 1.59. The number of amides is 3. The Labute approximate surface area is 197 Å². The maximum absolute atomic E-state index is 13.9. The Hall–Kier alpha value is -2.19. The summed E-state index contributed by atoms with van der Waals surface area (Å²) in [5.41, 5.74) is -1.82. The SMILES string of the molecule is C=CCN(C)C(=O)[C@@H]1[C@H]2C(=O)N(CCO)C(C(=O)N(CC=C)CCCC)C23CC[C@@]1(CC)O3. The lowest BCUT2D eigenvalue weighted by molar-refractivity contribution is -0.155. The van der Waals surface area contributed by atoms with Crippen molar-refractivity contribution in [3.63, 3.8) is 0 Å². The van der Waals surface area contributed by atoms with Crippen LogP contribution in [0.25, 0.3) is 0 Å². The fraction of sp³-hybridized carbons (Fsp3) is 0.720. The summed E-state index contributed by atoms with van der Waals surface area (Å²) >= 11 is 0. The maximum Gasteiger partial charge on any atom is 0.248 e. The molecule has 2 bridgehead atoms. The number of hydrogen-bond donors (Lipinski definition) is 1. The smallest absolute Gasteiger partial charge is 0.248 e. The second-order valence-corrected chi connectivity index (χ2v) is 9.52. The van der Waals surface area contributed by atoms with Crippen LogP contribution in [-0.2, 0) is 19.1 Å². The van der Waals surface area contributed by atoms with E-state index >= 15 is 0 Å². The molecule has 8 heteroatoms. The van der Waals surface area contributed by atoms with E-state index in [1.54, 1.807) is 29.0 Å². The van der Waals surface area contributed by atoms with E-state index in [1.165, 1.54) is 4.90 Å². The van der Waals surface area contributed by atoms with Gasteiger partial charge in [-0.25, -0.2) is 0 Å². The highest BCUT2D eigenvalue weighted by Gasteiger charge is 2.78. The lowest BCUT2D eigenvalue weighted by Gasteiger charge is -2.36. The number of likely N-dealkylation sites (tertiary alicyclic amines) is 1. The number of fused-ring (bicyclic) bond motifs is 1. The van der Waals surface area contributed by atoms with Crippen LogP contribution < -0.4 is 0 Å². The van der Waals surface area contributed by atoms with Crippen molar-refractivity contribution in [2.24, 2.45) is 11.8 Å². The fourth-order valence-electron chi connectivity index (χ4n) is 6.21. The van der Waals surface area contributed by atoms with Crippen LogP contribution in [0.3, 0.4) is 0 Å².